The van der Waals surface area contributed by atoms with Crippen molar-refractivity contribution in [1.29, 1.82) is 0 Å². The molecule has 1 aromatic carbocycles. The van der Waals surface area contributed by atoms with Gasteiger partial charge in [-0.1, -0.05) is 24.3 Å². The third-order valence-corrected chi connectivity index (χ3v) is 2.99. The van der Waals surface area contributed by atoms with Crippen LogP contribution in [0.2, 0.25) is 0 Å². The predicted molar refractivity (Wildman–Crippen MR) is 74.4 cm³/mol. The maximum absolute atomic E-state index is 11.9. The molecule has 20 heavy (non-hydrogen) atoms. The van der Waals surface area contributed by atoms with Crippen LogP contribution in [0.3, 0.4) is 0 Å². The number of benzene rings is 1. The Balaban J connectivity index is 2.18. The van der Waals surface area contributed by atoms with Crippen LogP contribution in [0.25, 0.3) is 0 Å². The molecule has 0 spiro atoms. The average molecular weight is 276 g/mol. The molecule has 7 heteroatoms. The lowest BCUT2D eigenvalue weighted by Gasteiger charge is -2.08. The van der Waals surface area contributed by atoms with Crippen molar-refractivity contribution >= 4 is 5.82 Å². The number of aryl methyl sites for hydroxylation is 1. The van der Waals surface area contributed by atoms with E-state index in [0.717, 1.165) is 20.4 Å². The average Bonchev–Trinajstić information content (AvgIpc) is 2.48. The van der Waals surface area contributed by atoms with Crippen LogP contribution < -0.4 is 16.6 Å². The second-order valence-corrected chi connectivity index (χ2v) is 4.45. The van der Waals surface area contributed by atoms with Crippen LogP contribution in [-0.4, -0.2) is 19.5 Å². The molecule has 0 saturated heterocycles. The fraction of sp³-hybridized carbons (Fsp3) is 0.308. The van der Waals surface area contributed by atoms with Crippen molar-refractivity contribution in [2.45, 2.75) is 13.2 Å². The first-order valence-corrected chi connectivity index (χ1v) is 6.10. The molecule has 0 radical (unpaired) electrons. The monoisotopic (exact) mass is 276 g/mol. The van der Waals surface area contributed by atoms with Crippen LogP contribution in [0.15, 0.2) is 33.9 Å². The molecule has 0 aliphatic carbocycles. The van der Waals surface area contributed by atoms with E-state index in [0.29, 0.717) is 6.54 Å². The second-order valence-electron chi connectivity index (χ2n) is 4.45. The van der Waals surface area contributed by atoms with Gasteiger partial charge in [-0.25, -0.2) is 9.48 Å². The molecular weight excluding hydrogens is 260 g/mol. The predicted octanol–water partition coefficient (Wildman–Crippen LogP) is -0.417. The summed E-state index contributed by atoms with van der Waals surface area (Å²) in [6.07, 6.45) is 0. The van der Waals surface area contributed by atoms with Gasteiger partial charge in [-0.05, 0) is 11.1 Å². The van der Waals surface area contributed by atoms with Crippen LogP contribution in [0.5, 0.6) is 0 Å². The quantitative estimate of drug-likeness (QED) is 0.792. The fourth-order valence-corrected chi connectivity index (χ4v) is 1.76. The van der Waals surface area contributed by atoms with E-state index in [1.54, 1.807) is 0 Å². The first-order valence-electron chi connectivity index (χ1n) is 6.10. The van der Waals surface area contributed by atoms with E-state index < -0.39 is 11.2 Å². The minimum atomic E-state index is -0.465. The number of aliphatic hydroxyl groups excluding tert-OH is 1. The summed E-state index contributed by atoms with van der Waals surface area (Å²) in [6.45, 7) is 0.406. The molecule has 0 fully saturated rings. The van der Waals surface area contributed by atoms with E-state index >= 15 is 0 Å². The summed E-state index contributed by atoms with van der Waals surface area (Å²) in [5.41, 5.74) is 0.845. The molecule has 7 nitrogen and oxygen atoms in total. The SMILES string of the molecule is Cn1nc(NCc2ccc(CO)cc2)c(=O)n(C)c1=O. The van der Waals surface area contributed by atoms with Crippen LogP contribution in [-0.2, 0) is 27.2 Å². The second kappa shape index (κ2) is 5.70. The first kappa shape index (κ1) is 14.0. The topological polar surface area (TPSA) is 89.2 Å². The summed E-state index contributed by atoms with van der Waals surface area (Å²) in [5.74, 6) is 0.126. The number of nitrogens with zero attached hydrogens (tertiary/aromatic N) is 3. The van der Waals surface area contributed by atoms with Gasteiger partial charge >= 0.3 is 5.69 Å². The molecule has 0 atom stereocenters. The first-order chi connectivity index (χ1) is 9.52. The minimum Gasteiger partial charge on any atom is -0.392 e. The molecule has 0 unspecified atom stereocenters. The summed E-state index contributed by atoms with van der Waals surface area (Å²) >= 11 is 0. The van der Waals surface area contributed by atoms with Crippen molar-refractivity contribution in [3.63, 3.8) is 0 Å². The molecule has 2 aromatic rings. The van der Waals surface area contributed by atoms with Gasteiger partial charge in [0, 0.05) is 20.6 Å². The molecule has 0 bridgehead atoms. The van der Waals surface area contributed by atoms with Crippen molar-refractivity contribution in [2.24, 2.45) is 14.1 Å². The summed E-state index contributed by atoms with van der Waals surface area (Å²) < 4.78 is 2.11. The number of hydrogen-bond acceptors (Lipinski definition) is 5. The Labute approximate surface area is 115 Å². The summed E-state index contributed by atoms with van der Waals surface area (Å²) in [7, 11) is 2.90. The van der Waals surface area contributed by atoms with Crippen molar-refractivity contribution in [3.8, 4) is 0 Å². The number of anilines is 1. The number of nitrogens with one attached hydrogen (secondary N) is 1. The Hall–Kier alpha value is -2.41. The minimum absolute atomic E-state index is 0.00337. The molecular formula is C13H16N4O3. The lowest BCUT2D eigenvalue weighted by molar-refractivity contribution is 0.282. The third kappa shape index (κ3) is 2.77. The Morgan fingerprint density at radius 3 is 2.35 bits per heavy atom. The van der Waals surface area contributed by atoms with Gasteiger partial charge in [-0.2, -0.15) is 0 Å². The number of hydrogen-bond donors (Lipinski definition) is 2. The molecule has 0 aliphatic rings. The Kier molecular flexibility index (Phi) is 3.99. The van der Waals surface area contributed by atoms with Gasteiger partial charge in [-0.15, -0.1) is 5.10 Å². The molecule has 0 saturated carbocycles. The highest BCUT2D eigenvalue weighted by molar-refractivity contribution is 5.32. The lowest BCUT2D eigenvalue weighted by atomic mass is 10.1. The molecule has 1 heterocycles. The van der Waals surface area contributed by atoms with Gasteiger partial charge in [0.2, 0.25) is 5.82 Å². The van der Waals surface area contributed by atoms with E-state index in [1.165, 1.54) is 14.1 Å². The van der Waals surface area contributed by atoms with Crippen LogP contribution in [0.1, 0.15) is 11.1 Å². The normalized spacial score (nSPS) is 10.6. The molecule has 2 N–H and O–H groups in total. The van der Waals surface area contributed by atoms with Gasteiger partial charge in [0.25, 0.3) is 5.56 Å². The molecule has 1 aromatic heterocycles. The molecule has 0 amide bonds. The van der Waals surface area contributed by atoms with Crippen molar-refractivity contribution < 1.29 is 5.11 Å². The maximum atomic E-state index is 11.9. The van der Waals surface area contributed by atoms with Crippen molar-refractivity contribution in [2.75, 3.05) is 5.32 Å². The van der Waals surface area contributed by atoms with E-state index in [4.69, 9.17) is 5.11 Å². The zero-order chi connectivity index (χ0) is 14.7. The Morgan fingerprint density at radius 2 is 1.75 bits per heavy atom. The van der Waals surface area contributed by atoms with Crippen molar-refractivity contribution in [3.05, 3.63) is 56.2 Å². The zero-order valence-electron chi connectivity index (χ0n) is 11.3. The highest BCUT2D eigenvalue weighted by atomic mass is 16.3. The van der Waals surface area contributed by atoms with Crippen molar-refractivity contribution in [1.82, 2.24) is 14.3 Å². The van der Waals surface area contributed by atoms with Crippen LogP contribution >= 0.6 is 0 Å². The third-order valence-electron chi connectivity index (χ3n) is 2.99. The summed E-state index contributed by atoms with van der Waals surface area (Å²) in [5, 5.41) is 15.8. The maximum Gasteiger partial charge on any atom is 0.346 e. The van der Waals surface area contributed by atoms with Gasteiger partial charge in [0.1, 0.15) is 0 Å². The van der Waals surface area contributed by atoms with E-state index in [2.05, 4.69) is 10.4 Å². The fourth-order valence-electron chi connectivity index (χ4n) is 1.76. The highest BCUT2D eigenvalue weighted by Gasteiger charge is 2.07. The number of rotatable bonds is 4. The smallest absolute Gasteiger partial charge is 0.346 e. The largest absolute Gasteiger partial charge is 0.392 e. The van der Waals surface area contributed by atoms with E-state index in [1.807, 2.05) is 24.3 Å². The van der Waals surface area contributed by atoms with Gasteiger partial charge in [0.05, 0.1) is 6.61 Å². The van der Waals surface area contributed by atoms with E-state index in [9.17, 15) is 9.59 Å². The number of aliphatic hydroxyl groups is 1. The number of aromatic nitrogens is 3. The lowest BCUT2D eigenvalue weighted by Crippen LogP contribution is -2.39. The van der Waals surface area contributed by atoms with E-state index in [-0.39, 0.29) is 12.4 Å². The molecule has 2 rings (SSSR count). The highest BCUT2D eigenvalue weighted by Crippen LogP contribution is 2.05. The van der Waals surface area contributed by atoms with Gasteiger partial charge in [-0.3, -0.25) is 9.36 Å². The summed E-state index contributed by atoms with van der Waals surface area (Å²) in [4.78, 5) is 23.4. The van der Waals surface area contributed by atoms with Gasteiger partial charge in [0.15, 0.2) is 0 Å². The van der Waals surface area contributed by atoms with Crippen LogP contribution in [0.4, 0.5) is 5.82 Å². The zero-order valence-corrected chi connectivity index (χ0v) is 11.3. The Morgan fingerprint density at radius 1 is 1.15 bits per heavy atom. The van der Waals surface area contributed by atoms with Crippen LogP contribution in [0, 0.1) is 0 Å². The molecule has 0 aliphatic heterocycles. The standard InChI is InChI=1S/C13H16N4O3/c1-16-12(19)11(15-17(2)13(16)20)14-7-9-3-5-10(8-18)6-4-9/h3-6,18H,7-8H2,1-2H3,(H,14,15). The van der Waals surface area contributed by atoms with Gasteiger partial charge < -0.3 is 10.4 Å². The molecule has 106 valence electrons. The summed E-state index contributed by atoms with van der Waals surface area (Å²) in [6, 6.07) is 7.32. The Bertz CT molecular complexity index is 716.